The molecule has 0 saturated carbocycles. The van der Waals surface area contributed by atoms with Gasteiger partial charge in [0.2, 0.25) is 0 Å². The topological polar surface area (TPSA) is 64.7 Å². The summed E-state index contributed by atoms with van der Waals surface area (Å²) in [5, 5.41) is 10.3. The summed E-state index contributed by atoms with van der Waals surface area (Å²) in [6.07, 6.45) is 1.08. The zero-order valence-corrected chi connectivity index (χ0v) is 14.9. The van der Waals surface area contributed by atoms with Gasteiger partial charge in [-0.2, -0.15) is 10.2 Å². The molecule has 1 aliphatic heterocycles. The third-order valence-electron chi connectivity index (χ3n) is 4.80. The second kappa shape index (κ2) is 5.29. The fourth-order valence-electron chi connectivity index (χ4n) is 3.80. The molecule has 7 heteroatoms. The molecule has 1 aliphatic rings. The third kappa shape index (κ3) is 2.26. The first-order valence-corrected chi connectivity index (χ1v) is 8.39. The van der Waals surface area contributed by atoms with E-state index in [1.54, 1.807) is 0 Å². The summed E-state index contributed by atoms with van der Waals surface area (Å²) in [4.78, 5) is 11.7. The lowest BCUT2D eigenvalue weighted by Gasteiger charge is -2.19. The van der Waals surface area contributed by atoms with Crippen LogP contribution in [0.1, 0.15) is 35.4 Å². The minimum absolute atomic E-state index is 0.390. The standard InChI is InChI=1S/C17H23N7/c1-10-8-11(2)24(20-10)14-6-7-23(9-14)17-15-12(3)21-22(5)16(15)18-13(4)19-17/h8,14H,6-7,9H2,1-5H3/t14-/m1/s1. The summed E-state index contributed by atoms with van der Waals surface area (Å²) in [6, 6.07) is 2.53. The predicted molar refractivity (Wildman–Crippen MR) is 93.3 cm³/mol. The van der Waals surface area contributed by atoms with Gasteiger partial charge in [0.1, 0.15) is 11.6 Å². The van der Waals surface area contributed by atoms with Gasteiger partial charge < -0.3 is 4.90 Å². The van der Waals surface area contributed by atoms with Gasteiger partial charge in [-0.15, -0.1) is 0 Å². The summed E-state index contributed by atoms with van der Waals surface area (Å²) in [5.41, 5.74) is 4.19. The van der Waals surface area contributed by atoms with Crippen LogP contribution in [0.2, 0.25) is 0 Å². The van der Waals surface area contributed by atoms with Crippen molar-refractivity contribution >= 4 is 16.9 Å². The Morgan fingerprint density at radius 1 is 1.08 bits per heavy atom. The smallest absolute Gasteiger partial charge is 0.163 e. The molecule has 0 bridgehead atoms. The van der Waals surface area contributed by atoms with Crippen LogP contribution in [0.15, 0.2) is 6.07 Å². The van der Waals surface area contributed by atoms with E-state index in [4.69, 9.17) is 4.98 Å². The molecule has 3 aromatic rings. The van der Waals surface area contributed by atoms with Crippen molar-refractivity contribution in [2.75, 3.05) is 18.0 Å². The molecule has 24 heavy (non-hydrogen) atoms. The average Bonchev–Trinajstić information content (AvgIpc) is 3.18. The van der Waals surface area contributed by atoms with E-state index in [0.717, 1.165) is 53.6 Å². The second-order valence-corrected chi connectivity index (χ2v) is 6.76. The second-order valence-electron chi connectivity index (χ2n) is 6.76. The van der Waals surface area contributed by atoms with Gasteiger partial charge >= 0.3 is 0 Å². The van der Waals surface area contributed by atoms with E-state index in [2.05, 4.69) is 37.8 Å². The van der Waals surface area contributed by atoms with E-state index in [1.807, 2.05) is 32.5 Å². The Labute approximate surface area is 141 Å². The summed E-state index contributed by atoms with van der Waals surface area (Å²) in [7, 11) is 1.94. The van der Waals surface area contributed by atoms with Gasteiger partial charge in [0.25, 0.3) is 0 Å². The molecule has 3 aromatic heterocycles. The van der Waals surface area contributed by atoms with Crippen molar-refractivity contribution in [3.63, 3.8) is 0 Å². The molecule has 1 atom stereocenters. The molecule has 4 rings (SSSR count). The first kappa shape index (κ1) is 15.1. The number of nitrogens with zero attached hydrogens (tertiary/aromatic N) is 7. The van der Waals surface area contributed by atoms with Crippen LogP contribution in [-0.4, -0.2) is 42.6 Å². The van der Waals surface area contributed by atoms with Crippen LogP contribution in [0.25, 0.3) is 11.0 Å². The van der Waals surface area contributed by atoms with Crippen LogP contribution in [0.5, 0.6) is 0 Å². The van der Waals surface area contributed by atoms with Crippen LogP contribution in [-0.2, 0) is 7.05 Å². The van der Waals surface area contributed by atoms with Gasteiger partial charge in [0.05, 0.1) is 22.8 Å². The molecule has 1 saturated heterocycles. The number of aromatic nitrogens is 6. The van der Waals surface area contributed by atoms with Gasteiger partial charge in [-0.1, -0.05) is 0 Å². The Morgan fingerprint density at radius 2 is 1.88 bits per heavy atom. The molecule has 126 valence electrons. The van der Waals surface area contributed by atoms with Crippen molar-refractivity contribution in [1.29, 1.82) is 0 Å². The number of aryl methyl sites for hydroxylation is 5. The van der Waals surface area contributed by atoms with Crippen LogP contribution < -0.4 is 4.90 Å². The van der Waals surface area contributed by atoms with Crippen molar-refractivity contribution in [3.8, 4) is 0 Å². The molecule has 0 spiro atoms. The zero-order valence-electron chi connectivity index (χ0n) is 14.9. The lowest BCUT2D eigenvalue weighted by molar-refractivity contribution is 0.481. The minimum Gasteiger partial charge on any atom is -0.354 e. The first-order valence-electron chi connectivity index (χ1n) is 8.39. The normalized spacial score (nSPS) is 18.0. The van der Waals surface area contributed by atoms with Crippen LogP contribution in [0.4, 0.5) is 5.82 Å². The van der Waals surface area contributed by atoms with Crippen LogP contribution in [0.3, 0.4) is 0 Å². The summed E-state index contributed by atoms with van der Waals surface area (Å²) < 4.78 is 4.01. The van der Waals surface area contributed by atoms with E-state index in [0.29, 0.717) is 6.04 Å². The Kier molecular flexibility index (Phi) is 3.33. The molecule has 0 N–H and O–H groups in total. The number of hydrogen-bond donors (Lipinski definition) is 0. The van der Waals surface area contributed by atoms with Crippen LogP contribution in [0, 0.1) is 27.7 Å². The maximum absolute atomic E-state index is 4.75. The lowest BCUT2D eigenvalue weighted by Crippen LogP contribution is -2.23. The summed E-state index contributed by atoms with van der Waals surface area (Å²) in [5.74, 6) is 1.79. The van der Waals surface area contributed by atoms with E-state index >= 15 is 0 Å². The van der Waals surface area contributed by atoms with E-state index in [1.165, 1.54) is 5.69 Å². The van der Waals surface area contributed by atoms with E-state index < -0.39 is 0 Å². The zero-order chi connectivity index (χ0) is 17.0. The Balaban J connectivity index is 1.73. The van der Waals surface area contributed by atoms with Gasteiger partial charge in [-0.3, -0.25) is 9.36 Å². The maximum atomic E-state index is 4.75. The third-order valence-corrected chi connectivity index (χ3v) is 4.80. The van der Waals surface area contributed by atoms with E-state index in [-0.39, 0.29) is 0 Å². The molecular weight excluding hydrogens is 302 g/mol. The molecule has 0 radical (unpaired) electrons. The molecule has 0 amide bonds. The highest BCUT2D eigenvalue weighted by Gasteiger charge is 2.29. The minimum atomic E-state index is 0.390. The Morgan fingerprint density at radius 3 is 2.58 bits per heavy atom. The SMILES string of the molecule is Cc1cc(C)n([C@@H]2CCN(c3nc(C)nc4c3c(C)nn4C)C2)n1. The van der Waals surface area contributed by atoms with Crippen LogP contribution >= 0.6 is 0 Å². The number of anilines is 1. The Hall–Kier alpha value is -2.44. The molecule has 4 heterocycles. The summed E-state index contributed by atoms with van der Waals surface area (Å²) >= 11 is 0. The molecule has 1 fully saturated rings. The predicted octanol–water partition coefficient (Wildman–Crippen LogP) is 2.24. The van der Waals surface area contributed by atoms with Crippen molar-refractivity contribution < 1.29 is 0 Å². The molecular formula is C17H23N7. The van der Waals surface area contributed by atoms with Crippen molar-refractivity contribution in [1.82, 2.24) is 29.5 Å². The molecule has 0 aromatic carbocycles. The van der Waals surface area contributed by atoms with Crippen molar-refractivity contribution in [3.05, 3.63) is 29.0 Å². The molecule has 7 nitrogen and oxygen atoms in total. The highest BCUT2D eigenvalue weighted by molar-refractivity contribution is 5.90. The van der Waals surface area contributed by atoms with Gasteiger partial charge in [0, 0.05) is 25.8 Å². The highest BCUT2D eigenvalue weighted by atomic mass is 15.4. The van der Waals surface area contributed by atoms with Gasteiger partial charge in [0.15, 0.2) is 5.65 Å². The van der Waals surface area contributed by atoms with Crippen molar-refractivity contribution in [2.45, 2.75) is 40.2 Å². The summed E-state index contributed by atoms with van der Waals surface area (Å²) in [6.45, 7) is 10.0. The first-order chi connectivity index (χ1) is 11.4. The number of rotatable bonds is 2. The van der Waals surface area contributed by atoms with E-state index in [9.17, 15) is 0 Å². The van der Waals surface area contributed by atoms with Gasteiger partial charge in [-0.05, 0) is 40.2 Å². The van der Waals surface area contributed by atoms with Gasteiger partial charge in [-0.25, -0.2) is 9.97 Å². The van der Waals surface area contributed by atoms with Crippen molar-refractivity contribution in [2.24, 2.45) is 7.05 Å². The quantitative estimate of drug-likeness (QED) is 0.723. The number of hydrogen-bond acceptors (Lipinski definition) is 5. The number of fused-ring (bicyclic) bond motifs is 1. The fourth-order valence-corrected chi connectivity index (χ4v) is 3.80. The monoisotopic (exact) mass is 325 g/mol. The average molecular weight is 325 g/mol. The lowest BCUT2D eigenvalue weighted by atomic mass is 10.2. The fraction of sp³-hybridized carbons (Fsp3) is 0.529. The molecule has 0 unspecified atom stereocenters. The highest BCUT2D eigenvalue weighted by Crippen LogP contribution is 2.32. The Bertz CT molecular complexity index is 921. The molecule has 0 aliphatic carbocycles. The maximum Gasteiger partial charge on any atom is 0.163 e. The largest absolute Gasteiger partial charge is 0.354 e.